The van der Waals surface area contributed by atoms with Gasteiger partial charge in [0.05, 0.1) is 0 Å². The van der Waals surface area contributed by atoms with Crippen molar-refractivity contribution in [3.63, 3.8) is 0 Å². The molecule has 0 saturated heterocycles. The summed E-state index contributed by atoms with van der Waals surface area (Å²) in [6, 6.07) is 10.8. The number of hydrogen-bond donors (Lipinski definition) is 0. The summed E-state index contributed by atoms with van der Waals surface area (Å²) in [5.74, 6) is -0.143. The van der Waals surface area contributed by atoms with Crippen LogP contribution < -0.4 is 0 Å². The molecule has 1 aliphatic carbocycles. The Morgan fingerprint density at radius 2 is 2.05 bits per heavy atom. The Morgan fingerprint density at radius 3 is 2.73 bits per heavy atom. The van der Waals surface area contributed by atoms with Gasteiger partial charge in [-0.1, -0.05) is 24.3 Å². The summed E-state index contributed by atoms with van der Waals surface area (Å²) in [5, 5.41) is 0. The molecule has 1 aliphatic rings. The van der Waals surface area contributed by atoms with Crippen molar-refractivity contribution in [1.82, 2.24) is 9.88 Å². The molecule has 0 radical (unpaired) electrons. The van der Waals surface area contributed by atoms with Crippen molar-refractivity contribution in [2.75, 3.05) is 0 Å². The van der Waals surface area contributed by atoms with Gasteiger partial charge in [0.15, 0.2) is 0 Å². The van der Waals surface area contributed by atoms with Gasteiger partial charge in [0.1, 0.15) is 5.82 Å². The zero-order chi connectivity index (χ0) is 15.4. The molecule has 0 bridgehead atoms. The van der Waals surface area contributed by atoms with Crippen LogP contribution in [0.3, 0.4) is 0 Å². The number of carbonyl (C=O) groups is 1. The van der Waals surface area contributed by atoms with Gasteiger partial charge in [0, 0.05) is 31.4 Å². The summed E-state index contributed by atoms with van der Waals surface area (Å²) in [4.78, 5) is 18.5. The van der Waals surface area contributed by atoms with E-state index in [2.05, 4.69) is 4.98 Å². The van der Waals surface area contributed by atoms with E-state index in [0.717, 1.165) is 18.4 Å². The maximum absolute atomic E-state index is 13.6. The fraction of sp³-hybridized carbons (Fsp3) is 0.333. The van der Waals surface area contributed by atoms with Crippen LogP contribution in [0, 0.1) is 5.82 Å². The van der Waals surface area contributed by atoms with Gasteiger partial charge in [-0.25, -0.2) is 4.39 Å². The summed E-state index contributed by atoms with van der Waals surface area (Å²) in [6.07, 6.45) is 6.43. The van der Waals surface area contributed by atoms with Gasteiger partial charge in [0.25, 0.3) is 0 Å². The van der Waals surface area contributed by atoms with Crippen molar-refractivity contribution in [1.29, 1.82) is 0 Å². The maximum Gasteiger partial charge on any atom is 0.223 e. The molecule has 1 aromatic heterocycles. The first-order chi connectivity index (χ1) is 10.7. The number of aryl methyl sites for hydroxylation is 1. The predicted molar refractivity (Wildman–Crippen MR) is 82.5 cm³/mol. The van der Waals surface area contributed by atoms with Gasteiger partial charge in [-0.2, -0.15) is 0 Å². The molecule has 1 heterocycles. The predicted octanol–water partition coefficient (Wildman–Crippen LogP) is 3.34. The van der Waals surface area contributed by atoms with E-state index in [1.807, 2.05) is 17.0 Å². The third-order valence-electron chi connectivity index (χ3n) is 3.95. The highest BCUT2D eigenvalue weighted by Crippen LogP contribution is 2.29. The third kappa shape index (κ3) is 3.70. The second kappa shape index (κ2) is 6.69. The topological polar surface area (TPSA) is 33.2 Å². The molecular weight excluding hydrogens is 279 g/mol. The van der Waals surface area contributed by atoms with Crippen LogP contribution in [-0.4, -0.2) is 21.8 Å². The van der Waals surface area contributed by atoms with Crippen LogP contribution >= 0.6 is 0 Å². The maximum atomic E-state index is 13.6. The molecule has 0 atom stereocenters. The van der Waals surface area contributed by atoms with Crippen LogP contribution in [-0.2, 0) is 17.8 Å². The smallest absolute Gasteiger partial charge is 0.223 e. The Kier molecular flexibility index (Phi) is 4.47. The number of nitrogens with zero attached hydrogens (tertiary/aromatic N) is 2. The average Bonchev–Trinajstić information content (AvgIpc) is 3.37. The molecule has 3 nitrogen and oxygen atoms in total. The molecule has 0 spiro atoms. The highest BCUT2D eigenvalue weighted by Gasteiger charge is 2.32. The highest BCUT2D eigenvalue weighted by molar-refractivity contribution is 5.77. The summed E-state index contributed by atoms with van der Waals surface area (Å²) >= 11 is 0. The van der Waals surface area contributed by atoms with Gasteiger partial charge >= 0.3 is 0 Å². The van der Waals surface area contributed by atoms with Gasteiger partial charge < -0.3 is 4.90 Å². The van der Waals surface area contributed by atoms with Crippen LogP contribution in [0.5, 0.6) is 0 Å². The molecule has 1 fully saturated rings. The van der Waals surface area contributed by atoms with E-state index in [1.54, 1.807) is 30.6 Å². The van der Waals surface area contributed by atoms with E-state index in [9.17, 15) is 9.18 Å². The number of halogens is 1. The Bertz CT molecular complexity index is 641. The minimum Gasteiger partial charge on any atom is -0.335 e. The molecule has 4 heteroatoms. The van der Waals surface area contributed by atoms with Crippen molar-refractivity contribution in [3.8, 4) is 0 Å². The number of hydrogen-bond acceptors (Lipinski definition) is 2. The summed E-state index contributed by atoms with van der Waals surface area (Å²) < 4.78 is 13.6. The van der Waals surface area contributed by atoms with Crippen molar-refractivity contribution in [2.24, 2.45) is 0 Å². The van der Waals surface area contributed by atoms with Crippen LogP contribution in [0.1, 0.15) is 30.4 Å². The molecule has 22 heavy (non-hydrogen) atoms. The van der Waals surface area contributed by atoms with Gasteiger partial charge in [-0.3, -0.25) is 9.78 Å². The van der Waals surface area contributed by atoms with E-state index in [4.69, 9.17) is 0 Å². The molecule has 0 N–H and O–H groups in total. The lowest BCUT2D eigenvalue weighted by atomic mass is 10.1. The van der Waals surface area contributed by atoms with Crippen molar-refractivity contribution >= 4 is 5.91 Å². The summed E-state index contributed by atoms with van der Waals surface area (Å²) in [5.41, 5.74) is 1.64. The standard InChI is InChI=1S/C18H19FN2O/c19-17-6-2-1-5-15(17)7-10-18(22)21(16-8-9-16)13-14-4-3-11-20-12-14/h1-6,11-12,16H,7-10,13H2. The average molecular weight is 298 g/mol. The van der Waals surface area contributed by atoms with Gasteiger partial charge in [-0.15, -0.1) is 0 Å². The van der Waals surface area contributed by atoms with Crippen molar-refractivity contribution in [3.05, 3.63) is 65.7 Å². The molecule has 1 aromatic carbocycles. The second-order valence-electron chi connectivity index (χ2n) is 5.71. The Balaban J connectivity index is 1.62. The number of rotatable bonds is 6. The van der Waals surface area contributed by atoms with Crippen molar-refractivity contribution < 1.29 is 9.18 Å². The molecule has 3 rings (SSSR count). The molecule has 2 aromatic rings. The Labute approximate surface area is 129 Å². The quantitative estimate of drug-likeness (QED) is 0.819. The molecule has 1 saturated carbocycles. The first-order valence-electron chi connectivity index (χ1n) is 7.66. The van der Waals surface area contributed by atoms with Gasteiger partial charge in [-0.05, 0) is 42.5 Å². The first kappa shape index (κ1) is 14.7. The first-order valence-corrected chi connectivity index (χ1v) is 7.66. The molecule has 0 unspecified atom stereocenters. The molecule has 1 amide bonds. The zero-order valence-electron chi connectivity index (χ0n) is 12.4. The Morgan fingerprint density at radius 1 is 1.23 bits per heavy atom. The highest BCUT2D eigenvalue weighted by atomic mass is 19.1. The number of carbonyl (C=O) groups excluding carboxylic acids is 1. The number of pyridine rings is 1. The van der Waals surface area contributed by atoms with Crippen LogP contribution in [0.25, 0.3) is 0 Å². The molecular formula is C18H19FN2O. The van der Waals surface area contributed by atoms with Crippen molar-refractivity contribution in [2.45, 2.75) is 38.3 Å². The van der Waals surface area contributed by atoms with E-state index < -0.39 is 0 Å². The molecule has 114 valence electrons. The van der Waals surface area contributed by atoms with Crippen LogP contribution in [0.15, 0.2) is 48.8 Å². The summed E-state index contributed by atoms with van der Waals surface area (Å²) in [6.45, 7) is 0.592. The van der Waals surface area contributed by atoms with Crippen LogP contribution in [0.4, 0.5) is 4.39 Å². The zero-order valence-corrected chi connectivity index (χ0v) is 12.4. The minimum absolute atomic E-state index is 0.0922. The second-order valence-corrected chi connectivity index (χ2v) is 5.71. The van der Waals surface area contributed by atoms with E-state index >= 15 is 0 Å². The van der Waals surface area contributed by atoms with Gasteiger partial charge in [0.2, 0.25) is 5.91 Å². The van der Waals surface area contributed by atoms with E-state index in [0.29, 0.717) is 31.0 Å². The normalized spacial score (nSPS) is 13.9. The number of aromatic nitrogens is 1. The summed E-state index contributed by atoms with van der Waals surface area (Å²) in [7, 11) is 0. The minimum atomic E-state index is -0.236. The van der Waals surface area contributed by atoms with E-state index in [-0.39, 0.29) is 11.7 Å². The largest absolute Gasteiger partial charge is 0.335 e. The molecule has 0 aliphatic heterocycles. The van der Waals surface area contributed by atoms with E-state index in [1.165, 1.54) is 6.07 Å². The van der Waals surface area contributed by atoms with Crippen LogP contribution in [0.2, 0.25) is 0 Å². The lowest BCUT2D eigenvalue weighted by molar-refractivity contribution is -0.132. The fourth-order valence-corrected chi connectivity index (χ4v) is 2.58. The lowest BCUT2D eigenvalue weighted by Gasteiger charge is -2.22. The SMILES string of the molecule is O=C(CCc1ccccc1F)N(Cc1cccnc1)C1CC1. The number of amides is 1. The lowest BCUT2D eigenvalue weighted by Crippen LogP contribution is -2.32. The monoisotopic (exact) mass is 298 g/mol. The Hall–Kier alpha value is -2.23. The number of benzene rings is 1. The fourth-order valence-electron chi connectivity index (χ4n) is 2.58. The third-order valence-corrected chi connectivity index (χ3v) is 3.95.